The molecule has 0 bridgehead atoms. The first-order valence-corrected chi connectivity index (χ1v) is 24.5. The number of hydrogen-bond donors (Lipinski definition) is 3. The molecule has 0 radical (unpaired) electrons. The van der Waals surface area contributed by atoms with E-state index in [4.69, 9.17) is 4.74 Å². The number of aliphatic hydroxyl groups is 2. The van der Waals surface area contributed by atoms with Gasteiger partial charge in [0, 0.05) is 6.42 Å². The van der Waals surface area contributed by atoms with Crippen molar-refractivity contribution in [3.05, 3.63) is 97.2 Å². The molecule has 0 saturated carbocycles. The Morgan fingerprint density at radius 1 is 0.500 bits per heavy atom. The van der Waals surface area contributed by atoms with Crippen LogP contribution in [0.25, 0.3) is 0 Å². The van der Waals surface area contributed by atoms with Crippen LogP contribution in [0.4, 0.5) is 0 Å². The molecule has 6 heteroatoms. The lowest BCUT2D eigenvalue weighted by Crippen LogP contribution is -2.46. The number of amides is 1. The van der Waals surface area contributed by atoms with Crippen LogP contribution in [0.3, 0.4) is 0 Å². The molecule has 3 unspecified atom stereocenters. The minimum atomic E-state index is -0.814. The lowest BCUT2D eigenvalue weighted by atomic mass is 10.0. The standard InChI is InChI=1S/C54H91NO5/c1-4-7-10-13-16-19-22-24-26-28-30-32-35-38-41-44-47-54(59)60-50(45-42-39-36-33-31-29-27-25-23-20-17-14-11-8-5-2)48-53(58)55-51(49-56)52(57)46-43-40-37-34-21-18-15-12-9-6-3/h7,10,16-17,19-20,24-27,30-33,38,41,50-52,56-57H,4-6,8-9,11-15,18,21-23,28-29,34-37,39-40,42-49H2,1-3H3,(H,55,58)/b10-7+,19-16+,20-17-,26-24+,27-25-,32-30+,33-31-,41-38+. The molecule has 342 valence electrons. The Kier molecular flexibility index (Phi) is 44.3. The number of unbranched alkanes of at least 4 members (excludes halogenated alkanes) is 14. The maximum absolute atomic E-state index is 13.2. The largest absolute Gasteiger partial charge is 0.462 e. The van der Waals surface area contributed by atoms with E-state index in [0.717, 1.165) is 83.5 Å². The van der Waals surface area contributed by atoms with Gasteiger partial charge in [0.05, 0.1) is 25.2 Å². The number of carbonyl (C=O) groups is 2. The van der Waals surface area contributed by atoms with E-state index >= 15 is 0 Å². The molecule has 1 amide bonds. The molecule has 0 aromatic rings. The predicted octanol–water partition coefficient (Wildman–Crippen LogP) is 14.6. The summed E-state index contributed by atoms with van der Waals surface area (Å²) in [6.07, 6.45) is 61.9. The van der Waals surface area contributed by atoms with Crippen molar-refractivity contribution in [2.45, 2.75) is 225 Å². The van der Waals surface area contributed by atoms with Crippen molar-refractivity contribution in [3.8, 4) is 0 Å². The third kappa shape index (κ3) is 41.5. The summed E-state index contributed by atoms with van der Waals surface area (Å²) in [5.41, 5.74) is 0. The third-order valence-corrected chi connectivity index (χ3v) is 10.4. The van der Waals surface area contributed by atoms with Crippen molar-refractivity contribution in [1.29, 1.82) is 0 Å². The summed E-state index contributed by atoms with van der Waals surface area (Å²) >= 11 is 0. The second kappa shape index (κ2) is 46.8. The Bertz CT molecular complexity index is 1210. The summed E-state index contributed by atoms with van der Waals surface area (Å²) < 4.78 is 5.86. The van der Waals surface area contributed by atoms with Gasteiger partial charge in [-0.05, 0) is 96.3 Å². The Hall–Kier alpha value is -3.22. The second-order valence-electron chi connectivity index (χ2n) is 16.1. The van der Waals surface area contributed by atoms with Crippen molar-refractivity contribution in [2.75, 3.05) is 6.61 Å². The molecule has 0 aromatic carbocycles. The van der Waals surface area contributed by atoms with E-state index in [-0.39, 0.29) is 31.3 Å². The molecule has 0 aliphatic rings. The lowest BCUT2D eigenvalue weighted by Gasteiger charge is -2.24. The SMILES string of the molecule is CC/C=C/C/C=C/C/C=C/C/C=C/C/C=C/CCC(=O)OC(CCCC/C=C\C/C=C\C/C=C\CCCCC)CC(=O)NC(CO)C(O)CCCCCCCCCCCC. The highest BCUT2D eigenvalue weighted by atomic mass is 16.5. The van der Waals surface area contributed by atoms with Gasteiger partial charge in [-0.15, -0.1) is 0 Å². The van der Waals surface area contributed by atoms with Gasteiger partial charge in [0.15, 0.2) is 0 Å². The van der Waals surface area contributed by atoms with Crippen molar-refractivity contribution >= 4 is 11.9 Å². The number of ether oxygens (including phenoxy) is 1. The summed E-state index contributed by atoms with van der Waals surface area (Å²) in [6.45, 7) is 6.28. The van der Waals surface area contributed by atoms with Crippen molar-refractivity contribution in [2.24, 2.45) is 0 Å². The van der Waals surface area contributed by atoms with Gasteiger partial charge >= 0.3 is 5.97 Å². The average Bonchev–Trinajstić information content (AvgIpc) is 3.24. The molecular weight excluding hydrogens is 743 g/mol. The van der Waals surface area contributed by atoms with E-state index in [2.05, 4.69) is 117 Å². The minimum absolute atomic E-state index is 0.0164. The number of hydrogen-bond acceptors (Lipinski definition) is 5. The zero-order chi connectivity index (χ0) is 43.8. The van der Waals surface area contributed by atoms with Crippen molar-refractivity contribution < 1.29 is 24.5 Å². The molecule has 60 heavy (non-hydrogen) atoms. The number of nitrogens with one attached hydrogen (secondary N) is 1. The maximum Gasteiger partial charge on any atom is 0.306 e. The molecule has 0 heterocycles. The first-order valence-electron chi connectivity index (χ1n) is 24.5. The first-order chi connectivity index (χ1) is 29.5. The highest BCUT2D eigenvalue weighted by molar-refractivity contribution is 5.77. The van der Waals surface area contributed by atoms with E-state index in [9.17, 15) is 19.8 Å². The normalized spacial score (nSPS) is 14.2. The van der Waals surface area contributed by atoms with E-state index in [1.165, 1.54) is 70.6 Å². The molecule has 0 rings (SSSR count). The third-order valence-electron chi connectivity index (χ3n) is 10.4. The minimum Gasteiger partial charge on any atom is -0.462 e. The van der Waals surface area contributed by atoms with Crippen molar-refractivity contribution in [3.63, 3.8) is 0 Å². The Morgan fingerprint density at radius 2 is 0.900 bits per heavy atom. The molecular formula is C54H91NO5. The molecule has 0 saturated heterocycles. The predicted molar refractivity (Wildman–Crippen MR) is 259 cm³/mol. The van der Waals surface area contributed by atoms with E-state index in [1.807, 2.05) is 6.08 Å². The van der Waals surface area contributed by atoms with Gasteiger partial charge in [0.2, 0.25) is 5.91 Å². The van der Waals surface area contributed by atoms with Crippen LogP contribution in [-0.4, -0.2) is 46.9 Å². The van der Waals surface area contributed by atoms with Gasteiger partial charge in [-0.25, -0.2) is 0 Å². The van der Waals surface area contributed by atoms with E-state index in [1.54, 1.807) is 0 Å². The zero-order valence-corrected chi connectivity index (χ0v) is 38.8. The quantitative estimate of drug-likeness (QED) is 0.0323. The molecule has 3 atom stereocenters. The number of aliphatic hydroxyl groups excluding tert-OH is 2. The fraction of sp³-hybridized carbons (Fsp3) is 0.667. The van der Waals surface area contributed by atoms with Gasteiger partial charge in [-0.3, -0.25) is 9.59 Å². The number of esters is 1. The summed E-state index contributed by atoms with van der Waals surface area (Å²) in [7, 11) is 0. The Labute approximate surface area is 369 Å². The lowest BCUT2D eigenvalue weighted by molar-refractivity contribution is -0.150. The molecule has 6 nitrogen and oxygen atoms in total. The van der Waals surface area contributed by atoms with E-state index < -0.39 is 18.2 Å². The van der Waals surface area contributed by atoms with Crippen LogP contribution >= 0.6 is 0 Å². The summed E-state index contributed by atoms with van der Waals surface area (Å²) in [4.78, 5) is 26.0. The topological polar surface area (TPSA) is 95.9 Å². The summed E-state index contributed by atoms with van der Waals surface area (Å²) in [5, 5.41) is 23.6. The molecule has 0 spiro atoms. The van der Waals surface area contributed by atoms with Crippen LogP contribution in [0.15, 0.2) is 97.2 Å². The summed E-state index contributed by atoms with van der Waals surface area (Å²) in [6, 6.07) is -0.733. The van der Waals surface area contributed by atoms with E-state index in [0.29, 0.717) is 19.3 Å². The van der Waals surface area contributed by atoms with Gasteiger partial charge < -0.3 is 20.3 Å². The smallest absolute Gasteiger partial charge is 0.306 e. The molecule has 0 fully saturated rings. The fourth-order valence-electron chi connectivity index (χ4n) is 6.72. The number of carbonyl (C=O) groups excluding carboxylic acids is 2. The average molecular weight is 834 g/mol. The van der Waals surface area contributed by atoms with Gasteiger partial charge in [-0.1, -0.05) is 195 Å². The van der Waals surface area contributed by atoms with Crippen LogP contribution in [0, 0.1) is 0 Å². The van der Waals surface area contributed by atoms with Gasteiger partial charge in [-0.2, -0.15) is 0 Å². The Balaban J connectivity index is 4.81. The maximum atomic E-state index is 13.2. The number of rotatable bonds is 42. The van der Waals surface area contributed by atoms with Gasteiger partial charge in [0.25, 0.3) is 0 Å². The van der Waals surface area contributed by atoms with Crippen LogP contribution < -0.4 is 5.32 Å². The molecule has 0 aliphatic heterocycles. The van der Waals surface area contributed by atoms with Crippen LogP contribution in [-0.2, 0) is 14.3 Å². The Morgan fingerprint density at radius 3 is 1.38 bits per heavy atom. The second-order valence-corrected chi connectivity index (χ2v) is 16.1. The first kappa shape index (κ1) is 56.8. The monoisotopic (exact) mass is 834 g/mol. The van der Waals surface area contributed by atoms with Gasteiger partial charge in [0.1, 0.15) is 6.10 Å². The fourth-order valence-corrected chi connectivity index (χ4v) is 6.72. The van der Waals surface area contributed by atoms with Crippen LogP contribution in [0.1, 0.15) is 207 Å². The molecule has 3 N–H and O–H groups in total. The highest BCUT2D eigenvalue weighted by Crippen LogP contribution is 2.16. The zero-order valence-electron chi connectivity index (χ0n) is 38.8. The summed E-state index contributed by atoms with van der Waals surface area (Å²) in [5.74, 6) is -0.620. The highest BCUT2D eigenvalue weighted by Gasteiger charge is 2.23. The van der Waals surface area contributed by atoms with Crippen molar-refractivity contribution in [1.82, 2.24) is 5.32 Å². The molecule has 0 aliphatic carbocycles. The van der Waals surface area contributed by atoms with Crippen LogP contribution in [0.5, 0.6) is 0 Å². The van der Waals surface area contributed by atoms with Crippen LogP contribution in [0.2, 0.25) is 0 Å². The molecule has 0 aromatic heterocycles. The number of allylic oxidation sites excluding steroid dienone is 16.